The second-order valence-electron chi connectivity index (χ2n) is 11.2. The van der Waals surface area contributed by atoms with Gasteiger partial charge in [-0.05, 0) is 76.9 Å². The molecule has 0 amide bonds. The number of fused-ring (bicyclic) bond motifs is 6. The molecule has 0 aliphatic rings. The SMILES string of the molecule is c1ccc(-c2ccc(-c3ccc(N(c4ccc5c(c4)oc4ccccc45)c4cccc5oc6cccnc6c45)cc3)cc2)cc1. The number of aromatic nitrogens is 1. The van der Waals surface area contributed by atoms with Gasteiger partial charge >= 0.3 is 0 Å². The number of benzene rings is 6. The van der Waals surface area contributed by atoms with Crippen LogP contribution in [0.4, 0.5) is 17.1 Å². The molecule has 0 saturated heterocycles. The molecule has 9 aromatic rings. The first-order valence-electron chi connectivity index (χ1n) is 15.0. The highest BCUT2D eigenvalue weighted by Crippen LogP contribution is 2.44. The van der Waals surface area contributed by atoms with E-state index in [1.54, 1.807) is 0 Å². The van der Waals surface area contributed by atoms with Crippen LogP contribution in [0.2, 0.25) is 0 Å². The quantitative estimate of drug-likeness (QED) is 0.204. The molecule has 4 heteroatoms. The Labute approximate surface area is 259 Å². The van der Waals surface area contributed by atoms with Gasteiger partial charge in [-0.25, -0.2) is 0 Å². The van der Waals surface area contributed by atoms with Gasteiger partial charge in [-0.3, -0.25) is 4.98 Å². The third kappa shape index (κ3) is 4.27. The first-order valence-corrected chi connectivity index (χ1v) is 15.0. The number of pyridine rings is 1. The predicted molar refractivity (Wildman–Crippen MR) is 184 cm³/mol. The van der Waals surface area contributed by atoms with Crippen molar-refractivity contribution in [3.63, 3.8) is 0 Å². The molecule has 0 fully saturated rings. The molecule has 212 valence electrons. The predicted octanol–water partition coefficient (Wildman–Crippen LogP) is 11.7. The van der Waals surface area contributed by atoms with Gasteiger partial charge in [-0.15, -0.1) is 0 Å². The van der Waals surface area contributed by atoms with Crippen LogP contribution >= 0.6 is 0 Å². The van der Waals surface area contributed by atoms with Crippen molar-refractivity contribution in [2.24, 2.45) is 0 Å². The highest BCUT2D eigenvalue weighted by atomic mass is 16.3. The van der Waals surface area contributed by atoms with Gasteiger partial charge in [0, 0.05) is 34.4 Å². The van der Waals surface area contributed by atoms with Crippen LogP contribution in [0.5, 0.6) is 0 Å². The molecule has 45 heavy (non-hydrogen) atoms. The third-order valence-electron chi connectivity index (χ3n) is 8.54. The minimum Gasteiger partial charge on any atom is -0.456 e. The lowest BCUT2D eigenvalue weighted by Gasteiger charge is -2.26. The number of hydrogen-bond donors (Lipinski definition) is 0. The molecule has 4 nitrogen and oxygen atoms in total. The largest absolute Gasteiger partial charge is 0.456 e. The Bertz CT molecular complexity index is 2470. The fraction of sp³-hybridized carbons (Fsp3) is 0. The van der Waals surface area contributed by atoms with E-state index in [2.05, 4.69) is 108 Å². The topological polar surface area (TPSA) is 42.4 Å². The van der Waals surface area contributed by atoms with Crippen LogP contribution in [0.15, 0.2) is 167 Å². The number of furan rings is 2. The van der Waals surface area contributed by atoms with Gasteiger partial charge in [-0.2, -0.15) is 0 Å². The Morgan fingerprint density at radius 1 is 0.422 bits per heavy atom. The van der Waals surface area contributed by atoms with E-state index in [1.807, 2.05) is 54.7 Å². The van der Waals surface area contributed by atoms with Crippen LogP contribution in [0.25, 0.3) is 66.3 Å². The zero-order chi connectivity index (χ0) is 29.7. The molecule has 0 atom stereocenters. The lowest BCUT2D eigenvalue weighted by molar-refractivity contribution is 0.668. The number of rotatable bonds is 5. The first kappa shape index (κ1) is 25.4. The smallest absolute Gasteiger partial charge is 0.153 e. The highest BCUT2D eigenvalue weighted by Gasteiger charge is 2.21. The molecule has 0 aliphatic carbocycles. The number of hydrogen-bond acceptors (Lipinski definition) is 4. The van der Waals surface area contributed by atoms with Crippen LogP contribution in [0.3, 0.4) is 0 Å². The molecule has 0 saturated carbocycles. The monoisotopic (exact) mass is 578 g/mol. The van der Waals surface area contributed by atoms with E-state index in [0.29, 0.717) is 0 Å². The van der Waals surface area contributed by atoms with E-state index in [1.165, 1.54) is 16.7 Å². The molecule has 3 aromatic heterocycles. The Morgan fingerprint density at radius 2 is 1.02 bits per heavy atom. The first-order chi connectivity index (χ1) is 22.3. The molecule has 0 unspecified atom stereocenters. The summed E-state index contributed by atoms with van der Waals surface area (Å²) < 4.78 is 12.6. The molecule has 0 spiro atoms. The van der Waals surface area contributed by atoms with Gasteiger partial charge in [0.1, 0.15) is 22.3 Å². The molecule has 6 aromatic carbocycles. The van der Waals surface area contributed by atoms with E-state index in [-0.39, 0.29) is 0 Å². The van der Waals surface area contributed by atoms with Crippen LogP contribution in [-0.4, -0.2) is 4.98 Å². The number of nitrogens with zero attached hydrogens (tertiary/aromatic N) is 2. The van der Waals surface area contributed by atoms with Crippen LogP contribution in [0.1, 0.15) is 0 Å². The van der Waals surface area contributed by atoms with Crippen LogP contribution in [-0.2, 0) is 0 Å². The lowest BCUT2D eigenvalue weighted by Crippen LogP contribution is -2.10. The van der Waals surface area contributed by atoms with Crippen molar-refractivity contribution in [1.82, 2.24) is 4.98 Å². The summed E-state index contributed by atoms with van der Waals surface area (Å²) in [6, 6.07) is 52.6. The van der Waals surface area contributed by atoms with E-state index in [9.17, 15) is 0 Å². The summed E-state index contributed by atoms with van der Waals surface area (Å²) in [5.74, 6) is 0. The van der Waals surface area contributed by atoms with Crippen molar-refractivity contribution < 1.29 is 8.83 Å². The van der Waals surface area contributed by atoms with Gasteiger partial charge in [-0.1, -0.05) is 91.0 Å². The van der Waals surface area contributed by atoms with Gasteiger partial charge in [0.05, 0.1) is 11.1 Å². The summed E-state index contributed by atoms with van der Waals surface area (Å²) in [5.41, 5.74) is 11.9. The zero-order valence-electron chi connectivity index (χ0n) is 24.2. The summed E-state index contributed by atoms with van der Waals surface area (Å²) in [4.78, 5) is 6.99. The standard InChI is InChI=1S/C41H26N2O2/c1-2-8-27(9-3-1)28-15-17-29(18-16-28)30-19-21-31(22-20-30)43(32-23-24-34-33-10-4-5-12-36(33)44-39(34)26-32)35-11-6-13-37-40(35)41-38(45-37)14-7-25-42-41/h1-26H. The maximum atomic E-state index is 6.32. The van der Waals surface area contributed by atoms with E-state index >= 15 is 0 Å². The second-order valence-corrected chi connectivity index (χ2v) is 11.2. The minimum atomic E-state index is 0.766. The fourth-order valence-electron chi connectivity index (χ4n) is 6.38. The Balaban J connectivity index is 1.19. The van der Waals surface area contributed by atoms with Crippen LogP contribution < -0.4 is 4.90 Å². The Hall–Kier alpha value is -6.13. The van der Waals surface area contributed by atoms with E-state index in [0.717, 1.165) is 66.6 Å². The maximum absolute atomic E-state index is 6.32. The molecular weight excluding hydrogens is 552 g/mol. The summed E-state index contributed by atoms with van der Waals surface area (Å²) in [7, 11) is 0. The Kier molecular flexibility index (Phi) is 5.78. The van der Waals surface area contributed by atoms with Gasteiger partial charge in [0.25, 0.3) is 0 Å². The number of anilines is 3. The Morgan fingerprint density at radius 3 is 1.82 bits per heavy atom. The molecule has 0 radical (unpaired) electrons. The minimum absolute atomic E-state index is 0.766. The van der Waals surface area contributed by atoms with Crippen molar-refractivity contribution in [1.29, 1.82) is 0 Å². The van der Waals surface area contributed by atoms with Crippen molar-refractivity contribution in [2.75, 3.05) is 4.90 Å². The second kappa shape index (κ2) is 10.2. The normalized spacial score (nSPS) is 11.6. The van der Waals surface area contributed by atoms with E-state index in [4.69, 9.17) is 13.8 Å². The third-order valence-corrected chi connectivity index (χ3v) is 8.54. The van der Waals surface area contributed by atoms with Gasteiger partial charge in [0.15, 0.2) is 5.58 Å². The zero-order valence-corrected chi connectivity index (χ0v) is 24.2. The average Bonchev–Trinajstić information content (AvgIpc) is 3.68. The van der Waals surface area contributed by atoms with Crippen molar-refractivity contribution >= 4 is 61.1 Å². The fourth-order valence-corrected chi connectivity index (χ4v) is 6.38. The van der Waals surface area contributed by atoms with Gasteiger partial charge in [0.2, 0.25) is 0 Å². The van der Waals surface area contributed by atoms with Crippen LogP contribution in [0, 0.1) is 0 Å². The average molecular weight is 579 g/mol. The molecule has 9 rings (SSSR count). The summed E-state index contributed by atoms with van der Waals surface area (Å²) >= 11 is 0. The molecule has 0 bridgehead atoms. The van der Waals surface area contributed by atoms with E-state index < -0.39 is 0 Å². The number of para-hydroxylation sites is 1. The summed E-state index contributed by atoms with van der Waals surface area (Å²) in [5, 5.41) is 3.18. The maximum Gasteiger partial charge on any atom is 0.153 e. The van der Waals surface area contributed by atoms with Gasteiger partial charge < -0.3 is 13.7 Å². The van der Waals surface area contributed by atoms with Crippen molar-refractivity contribution in [3.05, 3.63) is 158 Å². The van der Waals surface area contributed by atoms with Crippen molar-refractivity contribution in [2.45, 2.75) is 0 Å². The molecule has 3 heterocycles. The lowest BCUT2D eigenvalue weighted by atomic mass is 10.00. The van der Waals surface area contributed by atoms with Crippen molar-refractivity contribution in [3.8, 4) is 22.3 Å². The summed E-state index contributed by atoms with van der Waals surface area (Å²) in [6.07, 6.45) is 1.82. The summed E-state index contributed by atoms with van der Waals surface area (Å²) in [6.45, 7) is 0. The molecule has 0 aliphatic heterocycles. The molecular formula is C41H26N2O2. The molecule has 0 N–H and O–H groups in total. The highest BCUT2D eigenvalue weighted by molar-refractivity contribution is 6.12.